The lowest BCUT2D eigenvalue weighted by Crippen LogP contribution is -2.12. The van der Waals surface area contributed by atoms with Crippen LogP contribution in [-0.4, -0.2) is 16.3 Å². The molecule has 1 unspecified atom stereocenters. The zero-order chi connectivity index (χ0) is 8.97. The van der Waals surface area contributed by atoms with Crippen LogP contribution in [0, 0.1) is 5.92 Å². The van der Waals surface area contributed by atoms with E-state index in [0.717, 1.165) is 18.3 Å². The Morgan fingerprint density at radius 2 is 2.42 bits per heavy atom. The Labute approximate surface area is 73.8 Å². The summed E-state index contributed by atoms with van der Waals surface area (Å²) < 4.78 is 1.85. The third kappa shape index (κ3) is 2.26. The molecule has 0 fully saturated rings. The number of nitrogens with zero attached hydrogens (tertiary/aromatic N) is 2. The van der Waals surface area contributed by atoms with Crippen LogP contribution in [0.1, 0.15) is 20.3 Å². The number of hydrogen-bond acceptors (Lipinski definition) is 2. The lowest BCUT2D eigenvalue weighted by atomic mass is 10.1. The van der Waals surface area contributed by atoms with Crippen LogP contribution in [-0.2, 0) is 7.05 Å². The molecule has 0 spiro atoms. The maximum Gasteiger partial charge on any atom is 0.123 e. The van der Waals surface area contributed by atoms with Crippen molar-refractivity contribution in [1.82, 2.24) is 9.78 Å². The van der Waals surface area contributed by atoms with Crippen LogP contribution < -0.4 is 5.32 Å². The molecular formula is C9H17N3. The summed E-state index contributed by atoms with van der Waals surface area (Å²) in [7, 11) is 1.94. The summed E-state index contributed by atoms with van der Waals surface area (Å²) in [4.78, 5) is 0. The molecule has 1 atom stereocenters. The quantitative estimate of drug-likeness (QED) is 0.742. The molecule has 0 aliphatic heterocycles. The average molecular weight is 167 g/mol. The van der Waals surface area contributed by atoms with Gasteiger partial charge in [-0.05, 0) is 5.92 Å². The van der Waals surface area contributed by atoms with E-state index in [1.165, 1.54) is 6.42 Å². The molecule has 12 heavy (non-hydrogen) atoms. The topological polar surface area (TPSA) is 29.9 Å². The normalized spacial score (nSPS) is 12.9. The van der Waals surface area contributed by atoms with E-state index in [1.54, 1.807) is 6.20 Å². The van der Waals surface area contributed by atoms with Crippen molar-refractivity contribution in [3.8, 4) is 0 Å². The first-order chi connectivity index (χ1) is 5.74. The van der Waals surface area contributed by atoms with Gasteiger partial charge in [0.25, 0.3) is 0 Å². The van der Waals surface area contributed by atoms with E-state index in [-0.39, 0.29) is 0 Å². The zero-order valence-electron chi connectivity index (χ0n) is 8.04. The number of aromatic nitrogens is 2. The number of nitrogens with one attached hydrogen (secondary N) is 1. The van der Waals surface area contributed by atoms with Gasteiger partial charge in [0.1, 0.15) is 5.82 Å². The lowest BCUT2D eigenvalue weighted by molar-refractivity contribution is 0.589. The van der Waals surface area contributed by atoms with Crippen LogP contribution in [0.2, 0.25) is 0 Å². The highest BCUT2D eigenvalue weighted by molar-refractivity contribution is 5.33. The fraction of sp³-hybridized carbons (Fsp3) is 0.667. The molecule has 1 aromatic heterocycles. The van der Waals surface area contributed by atoms with Crippen molar-refractivity contribution in [3.63, 3.8) is 0 Å². The molecule has 0 saturated heterocycles. The van der Waals surface area contributed by atoms with E-state index >= 15 is 0 Å². The third-order valence-electron chi connectivity index (χ3n) is 2.15. The molecule has 0 aliphatic rings. The van der Waals surface area contributed by atoms with Crippen LogP contribution in [0.4, 0.5) is 5.82 Å². The summed E-state index contributed by atoms with van der Waals surface area (Å²) in [6.07, 6.45) is 3.02. The molecule has 1 aromatic rings. The summed E-state index contributed by atoms with van der Waals surface area (Å²) in [5.41, 5.74) is 0. The van der Waals surface area contributed by atoms with Gasteiger partial charge in [-0.3, -0.25) is 4.68 Å². The van der Waals surface area contributed by atoms with Crippen molar-refractivity contribution >= 4 is 5.82 Å². The van der Waals surface area contributed by atoms with Crippen LogP contribution in [0.25, 0.3) is 0 Å². The summed E-state index contributed by atoms with van der Waals surface area (Å²) in [6.45, 7) is 5.47. The van der Waals surface area contributed by atoms with Gasteiger partial charge in [0.15, 0.2) is 0 Å². The van der Waals surface area contributed by atoms with E-state index in [4.69, 9.17) is 0 Å². The van der Waals surface area contributed by atoms with Crippen LogP contribution in [0.3, 0.4) is 0 Å². The average Bonchev–Trinajstić information content (AvgIpc) is 2.47. The molecule has 0 saturated carbocycles. The number of hydrogen-bond donors (Lipinski definition) is 1. The fourth-order valence-electron chi connectivity index (χ4n) is 0.970. The minimum Gasteiger partial charge on any atom is -0.370 e. The Balaban J connectivity index is 2.38. The van der Waals surface area contributed by atoms with E-state index < -0.39 is 0 Å². The Hall–Kier alpha value is -0.990. The molecule has 1 rings (SSSR count). The van der Waals surface area contributed by atoms with E-state index in [1.807, 2.05) is 17.8 Å². The van der Waals surface area contributed by atoms with Gasteiger partial charge in [-0.2, -0.15) is 5.10 Å². The number of aryl methyl sites for hydroxylation is 1. The fourth-order valence-corrected chi connectivity index (χ4v) is 0.970. The second-order valence-corrected chi connectivity index (χ2v) is 3.23. The van der Waals surface area contributed by atoms with Gasteiger partial charge in [-0.15, -0.1) is 0 Å². The first kappa shape index (κ1) is 9.10. The van der Waals surface area contributed by atoms with E-state index in [9.17, 15) is 0 Å². The highest BCUT2D eigenvalue weighted by Crippen LogP contribution is 2.06. The maximum absolute atomic E-state index is 4.07. The minimum atomic E-state index is 0.722. The smallest absolute Gasteiger partial charge is 0.123 e. The van der Waals surface area contributed by atoms with Crippen LogP contribution in [0.5, 0.6) is 0 Å². The van der Waals surface area contributed by atoms with Crippen molar-refractivity contribution in [1.29, 1.82) is 0 Å². The predicted molar refractivity (Wildman–Crippen MR) is 51.2 cm³/mol. The zero-order valence-corrected chi connectivity index (χ0v) is 8.04. The van der Waals surface area contributed by atoms with Crippen LogP contribution in [0.15, 0.2) is 12.3 Å². The molecule has 1 N–H and O–H groups in total. The van der Waals surface area contributed by atoms with Gasteiger partial charge in [0.05, 0.1) is 6.20 Å². The highest BCUT2D eigenvalue weighted by Gasteiger charge is 2.00. The molecule has 3 heteroatoms. The third-order valence-corrected chi connectivity index (χ3v) is 2.15. The number of anilines is 1. The summed E-state index contributed by atoms with van der Waals surface area (Å²) in [5.74, 6) is 1.82. The second kappa shape index (κ2) is 4.14. The molecule has 0 aliphatic carbocycles. The molecule has 0 aromatic carbocycles. The Morgan fingerprint density at radius 3 is 2.92 bits per heavy atom. The number of rotatable bonds is 4. The van der Waals surface area contributed by atoms with Crippen molar-refractivity contribution in [2.45, 2.75) is 20.3 Å². The first-order valence-corrected chi connectivity index (χ1v) is 4.46. The van der Waals surface area contributed by atoms with Crippen molar-refractivity contribution < 1.29 is 0 Å². The predicted octanol–water partition coefficient (Wildman–Crippen LogP) is 1.88. The minimum absolute atomic E-state index is 0.722. The van der Waals surface area contributed by atoms with E-state index in [2.05, 4.69) is 24.3 Å². The maximum atomic E-state index is 4.07. The van der Waals surface area contributed by atoms with Crippen LogP contribution >= 0.6 is 0 Å². The Morgan fingerprint density at radius 1 is 1.67 bits per heavy atom. The SMILES string of the molecule is CCC(C)CNc1ccnn1C. The molecular weight excluding hydrogens is 150 g/mol. The van der Waals surface area contributed by atoms with Crippen molar-refractivity contribution in [2.75, 3.05) is 11.9 Å². The Bertz CT molecular complexity index is 229. The first-order valence-electron chi connectivity index (χ1n) is 4.46. The second-order valence-electron chi connectivity index (χ2n) is 3.23. The van der Waals surface area contributed by atoms with Gasteiger partial charge in [0, 0.05) is 19.7 Å². The summed E-state index contributed by atoms with van der Waals surface area (Å²) in [5, 5.41) is 7.42. The molecule has 1 heterocycles. The molecule has 3 nitrogen and oxygen atoms in total. The van der Waals surface area contributed by atoms with Gasteiger partial charge >= 0.3 is 0 Å². The molecule has 0 amide bonds. The van der Waals surface area contributed by atoms with Gasteiger partial charge in [-0.25, -0.2) is 0 Å². The lowest BCUT2D eigenvalue weighted by Gasteiger charge is -2.10. The molecule has 0 bridgehead atoms. The largest absolute Gasteiger partial charge is 0.370 e. The summed E-state index contributed by atoms with van der Waals surface area (Å²) >= 11 is 0. The molecule has 68 valence electrons. The van der Waals surface area contributed by atoms with E-state index in [0.29, 0.717) is 0 Å². The Kier molecular flexibility index (Phi) is 3.14. The van der Waals surface area contributed by atoms with Gasteiger partial charge < -0.3 is 5.32 Å². The standard InChI is InChI=1S/C9H17N3/c1-4-8(2)7-10-9-5-6-11-12(9)3/h5-6,8,10H,4,7H2,1-3H3. The van der Waals surface area contributed by atoms with Crippen molar-refractivity contribution in [3.05, 3.63) is 12.3 Å². The highest BCUT2D eigenvalue weighted by atomic mass is 15.3. The molecule has 0 radical (unpaired) electrons. The van der Waals surface area contributed by atoms with Crippen molar-refractivity contribution in [2.24, 2.45) is 13.0 Å². The van der Waals surface area contributed by atoms with Gasteiger partial charge in [-0.1, -0.05) is 20.3 Å². The van der Waals surface area contributed by atoms with Gasteiger partial charge in [0.2, 0.25) is 0 Å². The monoisotopic (exact) mass is 167 g/mol. The summed E-state index contributed by atoms with van der Waals surface area (Å²) in [6, 6.07) is 1.99.